The van der Waals surface area contributed by atoms with Crippen LogP contribution in [0.5, 0.6) is 0 Å². The molecule has 1 atom stereocenters. The quantitative estimate of drug-likeness (QED) is 0.845. The smallest absolute Gasteiger partial charge is 0.417 e. The van der Waals surface area contributed by atoms with Crippen LogP contribution in [-0.4, -0.2) is 36.0 Å². The van der Waals surface area contributed by atoms with Gasteiger partial charge in [-0.05, 0) is 23.8 Å². The van der Waals surface area contributed by atoms with Crippen molar-refractivity contribution in [3.05, 3.63) is 69.7 Å². The SMILES string of the molecule is O=C(NC(CN1C(=O)COC1=O)c1ccccc1)c1ccc(Cl)cc1Cl. The Kier molecular flexibility index (Phi) is 5.44. The maximum atomic E-state index is 12.6. The second-order valence-corrected chi connectivity index (χ2v) is 6.46. The van der Waals surface area contributed by atoms with Crippen LogP contribution < -0.4 is 5.32 Å². The van der Waals surface area contributed by atoms with Crippen LogP contribution in [0.1, 0.15) is 22.0 Å². The van der Waals surface area contributed by atoms with Crippen molar-refractivity contribution in [2.45, 2.75) is 6.04 Å². The number of halogens is 2. The lowest BCUT2D eigenvalue weighted by Gasteiger charge is -2.23. The number of imide groups is 1. The van der Waals surface area contributed by atoms with Crippen LogP contribution in [0.4, 0.5) is 4.79 Å². The average molecular weight is 393 g/mol. The van der Waals surface area contributed by atoms with Crippen molar-refractivity contribution in [2.75, 3.05) is 13.2 Å². The molecule has 0 radical (unpaired) electrons. The Bertz CT molecular complexity index is 842. The maximum absolute atomic E-state index is 12.6. The number of nitrogens with zero attached hydrogens (tertiary/aromatic N) is 1. The molecule has 0 bridgehead atoms. The normalized spacial score (nSPS) is 14.9. The third-order valence-corrected chi connectivity index (χ3v) is 4.44. The number of carbonyl (C=O) groups excluding carboxylic acids is 3. The van der Waals surface area contributed by atoms with Crippen LogP contribution in [0.25, 0.3) is 0 Å². The van der Waals surface area contributed by atoms with Crippen molar-refractivity contribution < 1.29 is 19.1 Å². The molecule has 1 fully saturated rings. The molecule has 1 aliphatic rings. The van der Waals surface area contributed by atoms with E-state index in [1.54, 1.807) is 30.3 Å². The number of nitrogens with one attached hydrogen (secondary N) is 1. The standard InChI is InChI=1S/C18H14Cl2N2O4/c19-12-6-7-13(14(20)8-12)17(24)21-15(11-4-2-1-3-5-11)9-22-16(23)10-26-18(22)25/h1-8,15H,9-10H2,(H,21,24). The Morgan fingerprint density at radius 2 is 1.88 bits per heavy atom. The summed E-state index contributed by atoms with van der Waals surface area (Å²) in [6, 6.07) is 12.9. The molecule has 0 spiro atoms. The van der Waals surface area contributed by atoms with E-state index in [2.05, 4.69) is 5.32 Å². The lowest BCUT2D eigenvalue weighted by atomic mass is 10.1. The predicted octanol–water partition coefficient (Wildman–Crippen LogP) is 3.44. The molecule has 3 rings (SSSR count). The van der Waals surface area contributed by atoms with Crippen LogP contribution in [0.2, 0.25) is 10.0 Å². The number of carbonyl (C=O) groups is 3. The molecule has 0 saturated carbocycles. The van der Waals surface area contributed by atoms with Crippen LogP contribution in [0, 0.1) is 0 Å². The Morgan fingerprint density at radius 3 is 2.50 bits per heavy atom. The van der Waals surface area contributed by atoms with Gasteiger partial charge in [0.25, 0.3) is 11.8 Å². The minimum absolute atomic E-state index is 0.0430. The Labute approximate surface area is 159 Å². The fraction of sp³-hybridized carbons (Fsp3) is 0.167. The molecular formula is C18H14Cl2N2O4. The van der Waals surface area contributed by atoms with Gasteiger partial charge < -0.3 is 10.1 Å². The van der Waals surface area contributed by atoms with Gasteiger partial charge in [-0.3, -0.25) is 9.59 Å². The number of hydrogen-bond donors (Lipinski definition) is 1. The van der Waals surface area contributed by atoms with Gasteiger partial charge in [-0.25, -0.2) is 9.69 Å². The Balaban J connectivity index is 1.85. The van der Waals surface area contributed by atoms with Gasteiger partial charge in [-0.2, -0.15) is 0 Å². The number of cyclic esters (lactones) is 1. The zero-order chi connectivity index (χ0) is 18.7. The molecule has 1 aliphatic heterocycles. The summed E-state index contributed by atoms with van der Waals surface area (Å²) >= 11 is 11.9. The number of hydrogen-bond acceptors (Lipinski definition) is 4. The average Bonchev–Trinajstić information content (AvgIpc) is 2.93. The van der Waals surface area contributed by atoms with Crippen LogP contribution >= 0.6 is 23.2 Å². The molecule has 3 amide bonds. The number of amides is 3. The molecule has 1 heterocycles. The molecule has 1 N–H and O–H groups in total. The molecule has 0 aliphatic carbocycles. The second-order valence-electron chi connectivity index (χ2n) is 5.62. The molecule has 8 heteroatoms. The summed E-state index contributed by atoms with van der Waals surface area (Å²) in [4.78, 5) is 37.2. The third-order valence-electron chi connectivity index (χ3n) is 3.89. The molecule has 6 nitrogen and oxygen atoms in total. The lowest BCUT2D eigenvalue weighted by Crippen LogP contribution is -2.40. The van der Waals surface area contributed by atoms with E-state index in [9.17, 15) is 14.4 Å². The molecule has 1 unspecified atom stereocenters. The van der Waals surface area contributed by atoms with Crippen LogP contribution in [-0.2, 0) is 9.53 Å². The highest BCUT2D eigenvalue weighted by molar-refractivity contribution is 6.36. The van der Waals surface area contributed by atoms with E-state index in [0.717, 1.165) is 10.5 Å². The second kappa shape index (κ2) is 7.76. The summed E-state index contributed by atoms with van der Waals surface area (Å²) in [6.45, 7) is -0.337. The molecule has 2 aromatic carbocycles. The van der Waals surface area contributed by atoms with Crippen molar-refractivity contribution in [1.82, 2.24) is 10.2 Å². The zero-order valence-electron chi connectivity index (χ0n) is 13.4. The Hall–Kier alpha value is -2.57. The monoisotopic (exact) mass is 392 g/mol. The van der Waals surface area contributed by atoms with Gasteiger partial charge in [0.15, 0.2) is 6.61 Å². The highest BCUT2D eigenvalue weighted by atomic mass is 35.5. The number of ether oxygens (including phenoxy) is 1. The number of rotatable bonds is 5. The summed E-state index contributed by atoms with van der Waals surface area (Å²) in [7, 11) is 0. The third kappa shape index (κ3) is 3.98. The van der Waals surface area contributed by atoms with Crippen molar-refractivity contribution in [3.63, 3.8) is 0 Å². The van der Waals surface area contributed by atoms with E-state index in [0.29, 0.717) is 5.02 Å². The van der Waals surface area contributed by atoms with E-state index in [-0.39, 0.29) is 23.7 Å². The van der Waals surface area contributed by atoms with Gasteiger partial charge in [0.05, 0.1) is 23.2 Å². The van der Waals surface area contributed by atoms with E-state index in [1.807, 2.05) is 6.07 Å². The topological polar surface area (TPSA) is 75.7 Å². The fourth-order valence-corrected chi connectivity index (χ4v) is 3.06. The molecule has 134 valence electrons. The van der Waals surface area contributed by atoms with E-state index >= 15 is 0 Å². The van der Waals surface area contributed by atoms with Gasteiger partial charge in [0.1, 0.15) is 0 Å². The fourth-order valence-electron chi connectivity index (χ4n) is 2.57. The maximum Gasteiger partial charge on any atom is 0.417 e. The molecule has 1 saturated heterocycles. The first-order chi connectivity index (χ1) is 12.5. The van der Waals surface area contributed by atoms with Gasteiger partial charge >= 0.3 is 6.09 Å². The summed E-state index contributed by atoms with van der Waals surface area (Å²) < 4.78 is 4.73. The van der Waals surface area contributed by atoms with Crippen molar-refractivity contribution in [1.29, 1.82) is 0 Å². The number of benzene rings is 2. The zero-order valence-corrected chi connectivity index (χ0v) is 15.0. The molecule has 26 heavy (non-hydrogen) atoms. The van der Waals surface area contributed by atoms with Crippen molar-refractivity contribution in [3.8, 4) is 0 Å². The Morgan fingerprint density at radius 1 is 1.15 bits per heavy atom. The van der Waals surface area contributed by atoms with Gasteiger partial charge in [0, 0.05) is 5.02 Å². The summed E-state index contributed by atoms with van der Waals surface area (Å²) in [5.41, 5.74) is 0.978. The minimum Gasteiger partial charge on any atom is -0.439 e. The van der Waals surface area contributed by atoms with Gasteiger partial charge in [-0.15, -0.1) is 0 Å². The van der Waals surface area contributed by atoms with Crippen molar-refractivity contribution in [2.24, 2.45) is 0 Å². The summed E-state index contributed by atoms with van der Waals surface area (Å²) in [6.07, 6.45) is -0.727. The summed E-state index contributed by atoms with van der Waals surface area (Å²) in [5.74, 6) is -0.893. The predicted molar refractivity (Wildman–Crippen MR) is 96.2 cm³/mol. The van der Waals surface area contributed by atoms with E-state index in [4.69, 9.17) is 27.9 Å². The van der Waals surface area contributed by atoms with Crippen molar-refractivity contribution >= 4 is 41.1 Å². The summed E-state index contributed by atoms with van der Waals surface area (Å²) in [5, 5.41) is 3.43. The largest absolute Gasteiger partial charge is 0.439 e. The van der Waals surface area contributed by atoms with E-state index < -0.39 is 23.9 Å². The molecular weight excluding hydrogens is 379 g/mol. The molecule has 0 aromatic heterocycles. The first-order valence-electron chi connectivity index (χ1n) is 7.73. The van der Waals surface area contributed by atoms with Gasteiger partial charge in [-0.1, -0.05) is 53.5 Å². The highest BCUT2D eigenvalue weighted by Gasteiger charge is 2.34. The first kappa shape index (κ1) is 18.2. The molecule has 2 aromatic rings. The van der Waals surface area contributed by atoms with Gasteiger partial charge in [0.2, 0.25) is 0 Å². The lowest BCUT2D eigenvalue weighted by molar-refractivity contribution is -0.126. The highest BCUT2D eigenvalue weighted by Crippen LogP contribution is 2.23. The van der Waals surface area contributed by atoms with Crippen LogP contribution in [0.15, 0.2) is 48.5 Å². The van der Waals surface area contributed by atoms with E-state index in [1.165, 1.54) is 12.1 Å². The first-order valence-corrected chi connectivity index (χ1v) is 8.49. The minimum atomic E-state index is -0.727. The van der Waals surface area contributed by atoms with Crippen LogP contribution in [0.3, 0.4) is 0 Å².